The smallest absolute Gasteiger partial charge is 0.392 e. The van der Waals surface area contributed by atoms with Gasteiger partial charge in [0.05, 0.1) is 23.6 Å². The molecule has 0 aliphatic rings. The van der Waals surface area contributed by atoms with E-state index in [4.69, 9.17) is 4.98 Å². The van der Waals surface area contributed by atoms with Gasteiger partial charge in [-0.1, -0.05) is 50.3 Å². The van der Waals surface area contributed by atoms with E-state index in [0.717, 1.165) is 12.1 Å². The fourth-order valence-corrected chi connectivity index (χ4v) is 4.21. The molecule has 0 atom stereocenters. The lowest BCUT2D eigenvalue weighted by Crippen LogP contribution is -2.07. The van der Waals surface area contributed by atoms with Crippen molar-refractivity contribution in [3.63, 3.8) is 0 Å². The third-order valence-corrected chi connectivity index (χ3v) is 5.98. The Morgan fingerprint density at radius 1 is 0.838 bits per heavy atom. The summed E-state index contributed by atoms with van der Waals surface area (Å²) in [6.45, 7) is 3.42. The molecule has 0 saturated heterocycles. The zero-order valence-electron chi connectivity index (χ0n) is 20.2. The van der Waals surface area contributed by atoms with Crippen LogP contribution >= 0.6 is 0 Å². The number of aliphatic hydroxyl groups excluding tert-OH is 1. The molecule has 4 rings (SSSR count). The number of alkyl halides is 3. The van der Waals surface area contributed by atoms with Gasteiger partial charge in [-0.05, 0) is 71.1 Å². The van der Waals surface area contributed by atoms with E-state index >= 15 is 0 Å². The molecule has 0 aliphatic carbocycles. The predicted molar refractivity (Wildman–Crippen MR) is 135 cm³/mol. The Labute approximate surface area is 211 Å². The largest absolute Gasteiger partial charge is 0.416 e. The van der Waals surface area contributed by atoms with Crippen molar-refractivity contribution >= 4 is 12.2 Å². The van der Waals surface area contributed by atoms with E-state index < -0.39 is 30.0 Å². The van der Waals surface area contributed by atoms with Crippen LogP contribution in [0, 0.1) is 11.6 Å². The van der Waals surface area contributed by atoms with Crippen molar-refractivity contribution in [3.05, 3.63) is 112 Å². The quantitative estimate of drug-likeness (QED) is 0.264. The van der Waals surface area contributed by atoms with Gasteiger partial charge in [0.2, 0.25) is 0 Å². The SMILES string of the molecule is CC(C)c1nc(-c2ccc(F)cc2)c(CO)c(-c2ccc(F)cc2)c1/C=C/c1cccc(C(F)(F)F)c1. The number of pyridine rings is 1. The van der Waals surface area contributed by atoms with Crippen LogP contribution in [0.3, 0.4) is 0 Å². The monoisotopic (exact) mass is 509 g/mol. The highest BCUT2D eigenvalue weighted by Crippen LogP contribution is 2.39. The number of halogens is 5. The minimum atomic E-state index is -4.48. The van der Waals surface area contributed by atoms with Gasteiger partial charge in [-0.25, -0.2) is 8.78 Å². The second kappa shape index (κ2) is 10.6. The fourth-order valence-electron chi connectivity index (χ4n) is 4.21. The van der Waals surface area contributed by atoms with Crippen LogP contribution in [0.25, 0.3) is 34.5 Å². The zero-order valence-corrected chi connectivity index (χ0v) is 20.2. The Balaban J connectivity index is 2.00. The molecule has 1 N–H and O–H groups in total. The Hall–Kier alpha value is -3.84. The van der Waals surface area contributed by atoms with Gasteiger partial charge in [0.25, 0.3) is 0 Å². The molecule has 3 aromatic carbocycles. The summed E-state index contributed by atoms with van der Waals surface area (Å²) >= 11 is 0. The summed E-state index contributed by atoms with van der Waals surface area (Å²) in [6, 6.07) is 16.4. The zero-order chi connectivity index (χ0) is 26.7. The van der Waals surface area contributed by atoms with Crippen molar-refractivity contribution in [2.75, 3.05) is 0 Å². The van der Waals surface area contributed by atoms with Gasteiger partial charge in [0, 0.05) is 16.7 Å². The standard InChI is InChI=1S/C30H24F5NO/c1-18(2)28-25(15-6-19-4-3-5-22(16-19)30(33,34)35)27(20-7-11-23(31)12-8-20)26(17-37)29(36-28)21-9-13-24(32)14-10-21/h3-16,18,37H,17H2,1-2H3/b15-6+. The Morgan fingerprint density at radius 3 is 1.97 bits per heavy atom. The molecule has 1 heterocycles. The van der Waals surface area contributed by atoms with Gasteiger partial charge in [0.1, 0.15) is 11.6 Å². The van der Waals surface area contributed by atoms with Gasteiger partial charge in [-0.2, -0.15) is 13.2 Å². The van der Waals surface area contributed by atoms with Crippen LogP contribution in [0.1, 0.15) is 47.7 Å². The summed E-state index contributed by atoms with van der Waals surface area (Å²) in [5.74, 6) is -0.975. The molecule has 0 spiro atoms. The van der Waals surface area contributed by atoms with Crippen molar-refractivity contribution in [3.8, 4) is 22.4 Å². The average molecular weight is 510 g/mol. The number of rotatable bonds is 6. The molecule has 190 valence electrons. The van der Waals surface area contributed by atoms with Crippen molar-refractivity contribution in [2.45, 2.75) is 32.5 Å². The molecule has 2 nitrogen and oxygen atoms in total. The Morgan fingerprint density at radius 2 is 1.43 bits per heavy atom. The summed E-state index contributed by atoms with van der Waals surface area (Å²) in [5.41, 5.74) is 3.43. The maximum atomic E-state index is 13.8. The molecule has 1 aromatic heterocycles. The minimum Gasteiger partial charge on any atom is -0.392 e. The molecule has 37 heavy (non-hydrogen) atoms. The molecule has 0 unspecified atom stereocenters. The minimum absolute atomic E-state index is 0.118. The predicted octanol–water partition coefficient (Wildman–Crippen LogP) is 8.50. The summed E-state index contributed by atoms with van der Waals surface area (Å²) < 4.78 is 67.1. The van der Waals surface area contributed by atoms with E-state index in [0.29, 0.717) is 44.8 Å². The van der Waals surface area contributed by atoms with Gasteiger partial charge in [0.15, 0.2) is 0 Å². The van der Waals surface area contributed by atoms with Crippen molar-refractivity contribution < 1.29 is 27.1 Å². The molecular formula is C30H24F5NO. The lowest BCUT2D eigenvalue weighted by molar-refractivity contribution is -0.137. The summed E-state index contributed by atoms with van der Waals surface area (Å²) in [6.07, 6.45) is -1.25. The maximum Gasteiger partial charge on any atom is 0.416 e. The molecular weight excluding hydrogens is 485 g/mol. The van der Waals surface area contributed by atoms with Crippen LogP contribution in [0.2, 0.25) is 0 Å². The normalized spacial score (nSPS) is 12.0. The molecule has 0 bridgehead atoms. The number of nitrogens with zero attached hydrogens (tertiary/aromatic N) is 1. The number of benzene rings is 3. The number of aliphatic hydroxyl groups is 1. The first-order chi connectivity index (χ1) is 17.6. The van der Waals surface area contributed by atoms with Crippen molar-refractivity contribution in [2.24, 2.45) is 0 Å². The lowest BCUT2D eigenvalue weighted by Gasteiger charge is -2.21. The van der Waals surface area contributed by atoms with E-state index in [-0.39, 0.29) is 5.92 Å². The third-order valence-electron chi connectivity index (χ3n) is 5.98. The van der Waals surface area contributed by atoms with Crippen LogP contribution < -0.4 is 0 Å². The van der Waals surface area contributed by atoms with Crippen LogP contribution in [0.4, 0.5) is 22.0 Å². The van der Waals surface area contributed by atoms with E-state index in [9.17, 15) is 27.1 Å². The average Bonchev–Trinajstić information content (AvgIpc) is 2.87. The van der Waals surface area contributed by atoms with Gasteiger partial charge >= 0.3 is 6.18 Å². The maximum absolute atomic E-state index is 13.8. The van der Waals surface area contributed by atoms with E-state index in [1.165, 1.54) is 30.3 Å². The van der Waals surface area contributed by atoms with Gasteiger partial charge < -0.3 is 5.11 Å². The fraction of sp³-hybridized carbons (Fsp3) is 0.167. The second-order valence-electron chi connectivity index (χ2n) is 8.90. The highest BCUT2D eigenvalue weighted by Gasteiger charge is 2.30. The topological polar surface area (TPSA) is 33.1 Å². The third kappa shape index (κ3) is 5.78. The van der Waals surface area contributed by atoms with Crippen molar-refractivity contribution in [1.29, 1.82) is 0 Å². The van der Waals surface area contributed by atoms with E-state index in [1.807, 2.05) is 13.8 Å². The molecule has 0 saturated carbocycles. The van der Waals surface area contributed by atoms with Crippen LogP contribution in [0.5, 0.6) is 0 Å². The number of hydrogen-bond acceptors (Lipinski definition) is 2. The Bertz CT molecular complexity index is 1420. The molecule has 7 heteroatoms. The number of aromatic nitrogens is 1. The van der Waals surface area contributed by atoms with Crippen LogP contribution in [-0.2, 0) is 12.8 Å². The molecule has 0 radical (unpaired) electrons. The van der Waals surface area contributed by atoms with Gasteiger partial charge in [-0.3, -0.25) is 4.98 Å². The molecule has 0 fully saturated rings. The highest BCUT2D eigenvalue weighted by molar-refractivity contribution is 5.87. The first-order valence-electron chi connectivity index (χ1n) is 11.6. The van der Waals surface area contributed by atoms with Crippen molar-refractivity contribution in [1.82, 2.24) is 4.98 Å². The van der Waals surface area contributed by atoms with Gasteiger partial charge in [-0.15, -0.1) is 0 Å². The summed E-state index contributed by atoms with van der Waals surface area (Å²) in [7, 11) is 0. The highest BCUT2D eigenvalue weighted by atomic mass is 19.4. The summed E-state index contributed by atoms with van der Waals surface area (Å²) in [4.78, 5) is 4.83. The van der Waals surface area contributed by atoms with E-state index in [2.05, 4.69) is 0 Å². The lowest BCUT2D eigenvalue weighted by atomic mass is 9.87. The Kier molecular flexibility index (Phi) is 7.55. The van der Waals surface area contributed by atoms with Crippen LogP contribution in [0.15, 0.2) is 72.8 Å². The van der Waals surface area contributed by atoms with E-state index in [1.54, 1.807) is 42.5 Å². The molecule has 4 aromatic rings. The first-order valence-corrected chi connectivity index (χ1v) is 11.6. The number of hydrogen-bond donors (Lipinski definition) is 1. The molecule has 0 aliphatic heterocycles. The van der Waals surface area contributed by atoms with Crippen LogP contribution in [-0.4, -0.2) is 10.1 Å². The molecule has 0 amide bonds. The first kappa shape index (κ1) is 26.2. The summed E-state index contributed by atoms with van der Waals surface area (Å²) in [5, 5.41) is 10.5. The second-order valence-corrected chi connectivity index (χ2v) is 8.90.